The SMILES string of the molecule is Cl.O=C(NC1CCNCC1)c1nn(-c2ccc(F)cc2)cc1Br. The summed E-state index contributed by atoms with van der Waals surface area (Å²) in [5.74, 6) is -0.501. The van der Waals surface area contributed by atoms with E-state index in [0.717, 1.165) is 25.9 Å². The van der Waals surface area contributed by atoms with E-state index in [1.54, 1.807) is 23.0 Å². The summed E-state index contributed by atoms with van der Waals surface area (Å²) in [5.41, 5.74) is 1.03. The second kappa shape index (κ2) is 7.90. The van der Waals surface area contributed by atoms with Crippen LogP contribution in [0.15, 0.2) is 34.9 Å². The number of hydrogen-bond donors (Lipinski definition) is 2. The van der Waals surface area contributed by atoms with Gasteiger partial charge in [-0.2, -0.15) is 5.10 Å². The number of carbonyl (C=O) groups excluding carboxylic acids is 1. The lowest BCUT2D eigenvalue weighted by Gasteiger charge is -2.23. The summed E-state index contributed by atoms with van der Waals surface area (Å²) in [6.07, 6.45) is 3.54. The lowest BCUT2D eigenvalue weighted by Crippen LogP contribution is -2.42. The predicted octanol–water partition coefficient (Wildman–Crippen LogP) is 2.68. The van der Waals surface area contributed by atoms with Crippen molar-refractivity contribution in [3.05, 3.63) is 46.4 Å². The second-order valence-electron chi connectivity index (χ2n) is 5.24. The summed E-state index contributed by atoms with van der Waals surface area (Å²) in [5, 5.41) is 10.6. The van der Waals surface area contributed by atoms with E-state index in [1.807, 2.05) is 0 Å². The van der Waals surface area contributed by atoms with Crippen LogP contribution in [-0.4, -0.2) is 34.8 Å². The molecule has 1 aromatic heterocycles. The summed E-state index contributed by atoms with van der Waals surface area (Å²) in [7, 11) is 0. The van der Waals surface area contributed by atoms with Crippen LogP contribution in [-0.2, 0) is 0 Å². The van der Waals surface area contributed by atoms with E-state index < -0.39 is 0 Å². The van der Waals surface area contributed by atoms with Gasteiger partial charge in [-0.05, 0) is 66.1 Å². The van der Waals surface area contributed by atoms with E-state index in [4.69, 9.17) is 0 Å². The number of hydrogen-bond acceptors (Lipinski definition) is 3. The average molecular weight is 404 g/mol. The Balaban J connectivity index is 0.00000192. The number of halogens is 3. The van der Waals surface area contributed by atoms with Gasteiger partial charge in [-0.1, -0.05) is 0 Å². The van der Waals surface area contributed by atoms with Crippen molar-refractivity contribution in [1.82, 2.24) is 20.4 Å². The van der Waals surface area contributed by atoms with Crippen LogP contribution in [0, 0.1) is 5.82 Å². The Labute approximate surface area is 148 Å². The molecule has 3 rings (SSSR count). The van der Waals surface area contributed by atoms with E-state index in [-0.39, 0.29) is 30.2 Å². The van der Waals surface area contributed by atoms with Crippen molar-refractivity contribution in [2.45, 2.75) is 18.9 Å². The van der Waals surface area contributed by atoms with Gasteiger partial charge in [0.25, 0.3) is 5.91 Å². The molecule has 0 bridgehead atoms. The van der Waals surface area contributed by atoms with Gasteiger partial charge in [-0.25, -0.2) is 9.07 Å². The molecule has 1 aliphatic rings. The number of benzene rings is 1. The highest BCUT2D eigenvalue weighted by Crippen LogP contribution is 2.19. The summed E-state index contributed by atoms with van der Waals surface area (Å²) in [6, 6.07) is 6.13. The van der Waals surface area contributed by atoms with Crippen molar-refractivity contribution in [2.24, 2.45) is 0 Å². The zero-order valence-electron chi connectivity index (χ0n) is 12.3. The predicted molar refractivity (Wildman–Crippen MR) is 91.8 cm³/mol. The first-order valence-corrected chi connectivity index (χ1v) is 7.95. The molecule has 1 fully saturated rings. The molecule has 0 radical (unpaired) electrons. The molecule has 1 aliphatic heterocycles. The van der Waals surface area contributed by atoms with Gasteiger partial charge in [-0.3, -0.25) is 4.79 Å². The van der Waals surface area contributed by atoms with Crippen molar-refractivity contribution < 1.29 is 9.18 Å². The van der Waals surface area contributed by atoms with Crippen LogP contribution in [0.2, 0.25) is 0 Å². The van der Waals surface area contributed by atoms with Crippen LogP contribution in [0.3, 0.4) is 0 Å². The standard InChI is InChI=1S/C15H16BrFN4O.ClH/c16-13-9-21(12-3-1-10(17)2-4-12)20-14(13)15(22)19-11-5-7-18-8-6-11;/h1-4,9,11,18H,5-8H2,(H,19,22);1H. The summed E-state index contributed by atoms with van der Waals surface area (Å²) < 4.78 is 15.1. The molecule has 5 nitrogen and oxygen atoms in total. The fraction of sp³-hybridized carbons (Fsp3) is 0.333. The topological polar surface area (TPSA) is 59.0 Å². The molecule has 0 unspecified atom stereocenters. The number of piperidine rings is 1. The van der Waals surface area contributed by atoms with Crippen molar-refractivity contribution >= 4 is 34.2 Å². The molecule has 1 saturated heterocycles. The van der Waals surface area contributed by atoms with Gasteiger partial charge in [0, 0.05) is 12.2 Å². The molecule has 1 amide bonds. The Kier molecular flexibility index (Phi) is 6.15. The van der Waals surface area contributed by atoms with Crippen molar-refractivity contribution in [1.29, 1.82) is 0 Å². The third kappa shape index (κ3) is 4.31. The third-order valence-corrected chi connectivity index (χ3v) is 4.23. The van der Waals surface area contributed by atoms with Crippen molar-refractivity contribution in [3.8, 4) is 5.69 Å². The molecule has 0 atom stereocenters. The maximum Gasteiger partial charge on any atom is 0.273 e. The number of rotatable bonds is 3. The normalized spacial score (nSPS) is 15.0. The Bertz CT molecular complexity index is 671. The first-order valence-electron chi connectivity index (χ1n) is 7.16. The molecular formula is C15H17BrClFN4O. The number of amides is 1. The molecule has 23 heavy (non-hydrogen) atoms. The minimum absolute atomic E-state index is 0. The van der Waals surface area contributed by atoms with Gasteiger partial charge in [0.15, 0.2) is 5.69 Å². The lowest BCUT2D eigenvalue weighted by molar-refractivity contribution is 0.0923. The van der Waals surface area contributed by atoms with E-state index in [2.05, 4.69) is 31.7 Å². The van der Waals surface area contributed by atoms with E-state index in [1.165, 1.54) is 12.1 Å². The highest BCUT2D eigenvalue weighted by molar-refractivity contribution is 9.10. The maximum absolute atomic E-state index is 13.0. The van der Waals surface area contributed by atoms with E-state index in [0.29, 0.717) is 15.9 Å². The molecule has 2 N–H and O–H groups in total. The van der Waals surface area contributed by atoms with Gasteiger partial charge >= 0.3 is 0 Å². The number of nitrogens with one attached hydrogen (secondary N) is 2. The Morgan fingerprint density at radius 1 is 1.30 bits per heavy atom. The first-order chi connectivity index (χ1) is 10.6. The number of nitrogens with zero attached hydrogens (tertiary/aromatic N) is 2. The maximum atomic E-state index is 13.0. The minimum atomic E-state index is -0.307. The fourth-order valence-electron chi connectivity index (χ4n) is 2.45. The molecule has 0 aliphatic carbocycles. The van der Waals surface area contributed by atoms with Gasteiger partial charge in [0.2, 0.25) is 0 Å². The second-order valence-corrected chi connectivity index (χ2v) is 6.10. The van der Waals surface area contributed by atoms with Crippen molar-refractivity contribution in [2.75, 3.05) is 13.1 Å². The van der Waals surface area contributed by atoms with Crippen LogP contribution >= 0.6 is 28.3 Å². The van der Waals surface area contributed by atoms with Crippen molar-refractivity contribution in [3.63, 3.8) is 0 Å². The van der Waals surface area contributed by atoms with Gasteiger partial charge in [0.05, 0.1) is 10.2 Å². The highest BCUT2D eigenvalue weighted by Gasteiger charge is 2.20. The molecule has 1 aromatic carbocycles. The minimum Gasteiger partial charge on any atom is -0.348 e. The van der Waals surface area contributed by atoms with Crippen LogP contribution in [0.4, 0.5) is 4.39 Å². The van der Waals surface area contributed by atoms with Crippen LogP contribution in [0.25, 0.3) is 5.69 Å². The highest BCUT2D eigenvalue weighted by atomic mass is 79.9. The Morgan fingerprint density at radius 2 is 1.96 bits per heavy atom. The number of carbonyl (C=O) groups is 1. The first kappa shape index (κ1) is 17.9. The monoisotopic (exact) mass is 402 g/mol. The zero-order chi connectivity index (χ0) is 15.5. The largest absolute Gasteiger partial charge is 0.348 e. The van der Waals surface area contributed by atoms with Gasteiger partial charge in [0.1, 0.15) is 5.82 Å². The van der Waals surface area contributed by atoms with Gasteiger partial charge < -0.3 is 10.6 Å². The molecule has 124 valence electrons. The molecular weight excluding hydrogens is 387 g/mol. The van der Waals surface area contributed by atoms with E-state index >= 15 is 0 Å². The quantitative estimate of drug-likeness (QED) is 0.828. The lowest BCUT2D eigenvalue weighted by atomic mass is 10.1. The van der Waals surface area contributed by atoms with Crippen LogP contribution < -0.4 is 10.6 Å². The molecule has 8 heteroatoms. The summed E-state index contributed by atoms with van der Waals surface area (Å²) in [4.78, 5) is 12.3. The van der Waals surface area contributed by atoms with Crippen LogP contribution in [0.1, 0.15) is 23.3 Å². The summed E-state index contributed by atoms with van der Waals surface area (Å²) >= 11 is 3.36. The third-order valence-electron chi connectivity index (χ3n) is 3.65. The van der Waals surface area contributed by atoms with Gasteiger partial charge in [-0.15, -0.1) is 12.4 Å². The average Bonchev–Trinajstić information content (AvgIpc) is 2.91. The molecule has 2 heterocycles. The fourth-order valence-corrected chi connectivity index (χ4v) is 2.91. The number of aromatic nitrogens is 2. The Morgan fingerprint density at radius 3 is 2.61 bits per heavy atom. The molecule has 2 aromatic rings. The molecule has 0 saturated carbocycles. The van der Waals surface area contributed by atoms with E-state index in [9.17, 15) is 9.18 Å². The van der Waals surface area contributed by atoms with Crippen LogP contribution in [0.5, 0.6) is 0 Å². The zero-order valence-corrected chi connectivity index (χ0v) is 14.7. The molecule has 0 spiro atoms. The smallest absolute Gasteiger partial charge is 0.273 e. The Hall–Kier alpha value is -1.44. The summed E-state index contributed by atoms with van der Waals surface area (Å²) in [6.45, 7) is 1.83.